The number of hydrogen-bond donors (Lipinski definition) is 1. The zero-order valence-electron chi connectivity index (χ0n) is 9.77. The molecule has 94 valence electrons. The Morgan fingerprint density at radius 1 is 1.28 bits per heavy atom. The van der Waals surface area contributed by atoms with E-state index in [4.69, 9.17) is 0 Å². The molecule has 0 unspecified atom stereocenters. The predicted molar refractivity (Wildman–Crippen MR) is 64.1 cm³/mol. The van der Waals surface area contributed by atoms with Gasteiger partial charge in [-0.05, 0) is 37.2 Å². The van der Waals surface area contributed by atoms with Crippen LogP contribution in [-0.4, -0.2) is 20.9 Å². The first kappa shape index (κ1) is 11.2. The van der Waals surface area contributed by atoms with E-state index in [-0.39, 0.29) is 11.5 Å². The molecule has 1 aliphatic rings. The van der Waals surface area contributed by atoms with E-state index in [9.17, 15) is 9.18 Å². The van der Waals surface area contributed by atoms with Crippen molar-refractivity contribution in [3.8, 4) is 5.69 Å². The quantitative estimate of drug-likeness (QED) is 0.807. The summed E-state index contributed by atoms with van der Waals surface area (Å²) in [6.45, 7) is 2.14. The summed E-state index contributed by atoms with van der Waals surface area (Å²) < 4.78 is 15.9. The van der Waals surface area contributed by atoms with Crippen LogP contribution in [0.15, 0.2) is 29.1 Å². The zero-order valence-corrected chi connectivity index (χ0v) is 9.77. The molecule has 3 rings (SSSR count). The van der Waals surface area contributed by atoms with Gasteiger partial charge in [0.2, 0.25) is 0 Å². The van der Waals surface area contributed by atoms with Crippen LogP contribution in [0.1, 0.15) is 12.2 Å². The molecule has 0 saturated heterocycles. The topological polar surface area (TPSA) is 51.9 Å². The fraction of sp³-hybridized carbons (Fsp3) is 0.333. The lowest BCUT2D eigenvalue weighted by Crippen LogP contribution is -2.24. The molecule has 5 nitrogen and oxygen atoms in total. The highest BCUT2D eigenvalue weighted by molar-refractivity contribution is 5.30. The van der Waals surface area contributed by atoms with Crippen molar-refractivity contribution >= 4 is 0 Å². The highest BCUT2D eigenvalue weighted by atomic mass is 19.1. The molecule has 0 atom stereocenters. The highest BCUT2D eigenvalue weighted by Gasteiger charge is 2.16. The van der Waals surface area contributed by atoms with Crippen molar-refractivity contribution in [2.24, 2.45) is 0 Å². The minimum absolute atomic E-state index is 0.166. The van der Waals surface area contributed by atoms with Gasteiger partial charge >= 0.3 is 5.69 Å². The Hall–Kier alpha value is -1.95. The van der Waals surface area contributed by atoms with Gasteiger partial charge < -0.3 is 5.32 Å². The Morgan fingerprint density at radius 2 is 2.06 bits per heavy atom. The number of halogens is 1. The van der Waals surface area contributed by atoms with Gasteiger partial charge in [0, 0.05) is 6.54 Å². The smallest absolute Gasteiger partial charge is 0.310 e. The molecule has 6 heteroatoms. The number of benzene rings is 1. The number of hydrogen-bond acceptors (Lipinski definition) is 3. The van der Waals surface area contributed by atoms with Crippen LogP contribution in [0.25, 0.3) is 5.69 Å². The Morgan fingerprint density at radius 3 is 2.83 bits per heavy atom. The SMILES string of the molecule is O=c1n(-c2ccc(F)cc2)nc2n1CCCNC2. The minimum atomic E-state index is -0.325. The van der Waals surface area contributed by atoms with E-state index in [2.05, 4.69) is 10.4 Å². The molecule has 1 aromatic carbocycles. The van der Waals surface area contributed by atoms with Crippen molar-refractivity contribution in [2.45, 2.75) is 19.5 Å². The first-order chi connectivity index (χ1) is 8.75. The first-order valence-electron chi connectivity index (χ1n) is 5.91. The molecule has 1 aromatic heterocycles. The average Bonchev–Trinajstić information content (AvgIpc) is 2.57. The van der Waals surface area contributed by atoms with E-state index < -0.39 is 0 Å². The molecule has 2 aromatic rings. The summed E-state index contributed by atoms with van der Waals surface area (Å²) in [5.74, 6) is 0.399. The van der Waals surface area contributed by atoms with Crippen molar-refractivity contribution < 1.29 is 4.39 Å². The van der Waals surface area contributed by atoms with E-state index in [0.717, 1.165) is 18.8 Å². The van der Waals surface area contributed by atoms with Crippen LogP contribution in [0.3, 0.4) is 0 Å². The standard InChI is InChI=1S/C12H13FN4O/c13-9-2-4-10(5-3-9)17-12(18)16-7-1-6-14-8-11(16)15-17/h2-5,14H,1,6-8H2. The van der Waals surface area contributed by atoms with Crippen molar-refractivity contribution in [3.63, 3.8) is 0 Å². The third-order valence-corrected chi connectivity index (χ3v) is 3.03. The summed E-state index contributed by atoms with van der Waals surface area (Å²) in [5.41, 5.74) is 0.419. The van der Waals surface area contributed by atoms with Crippen molar-refractivity contribution in [2.75, 3.05) is 6.54 Å². The van der Waals surface area contributed by atoms with Gasteiger partial charge in [-0.15, -0.1) is 5.10 Å². The van der Waals surface area contributed by atoms with Gasteiger partial charge in [0.05, 0.1) is 12.2 Å². The molecular formula is C12H13FN4O. The lowest BCUT2D eigenvalue weighted by Gasteiger charge is -1.99. The fourth-order valence-electron chi connectivity index (χ4n) is 2.11. The maximum Gasteiger partial charge on any atom is 0.350 e. The third-order valence-electron chi connectivity index (χ3n) is 3.03. The Bertz CT molecular complexity index is 614. The largest absolute Gasteiger partial charge is 0.350 e. The average molecular weight is 248 g/mol. The molecule has 0 bridgehead atoms. The summed E-state index contributed by atoms with van der Waals surface area (Å²) in [5, 5.41) is 7.50. The Kier molecular flexibility index (Phi) is 2.71. The Balaban J connectivity index is 2.08. The van der Waals surface area contributed by atoms with Crippen LogP contribution in [0.5, 0.6) is 0 Å². The molecule has 0 saturated carbocycles. The maximum absolute atomic E-state index is 12.9. The summed E-state index contributed by atoms with van der Waals surface area (Å²) in [6.07, 6.45) is 0.905. The van der Waals surface area contributed by atoms with Crippen molar-refractivity contribution in [1.82, 2.24) is 19.7 Å². The number of fused-ring (bicyclic) bond motifs is 1. The fourth-order valence-corrected chi connectivity index (χ4v) is 2.11. The molecular weight excluding hydrogens is 235 g/mol. The van der Waals surface area contributed by atoms with Gasteiger partial charge in [0.25, 0.3) is 0 Å². The van der Waals surface area contributed by atoms with E-state index in [1.807, 2.05) is 0 Å². The minimum Gasteiger partial charge on any atom is -0.310 e. The van der Waals surface area contributed by atoms with E-state index in [0.29, 0.717) is 18.8 Å². The first-order valence-corrected chi connectivity index (χ1v) is 5.91. The molecule has 0 aliphatic carbocycles. The number of nitrogens with one attached hydrogen (secondary N) is 1. The van der Waals surface area contributed by atoms with E-state index in [1.54, 1.807) is 16.7 Å². The van der Waals surface area contributed by atoms with Crippen LogP contribution in [-0.2, 0) is 13.1 Å². The molecule has 18 heavy (non-hydrogen) atoms. The molecule has 0 radical (unpaired) electrons. The summed E-state index contributed by atoms with van der Waals surface area (Å²) in [7, 11) is 0. The molecule has 0 amide bonds. The van der Waals surface area contributed by atoms with E-state index >= 15 is 0 Å². The number of aromatic nitrogens is 3. The Labute approximate surface area is 103 Å². The van der Waals surface area contributed by atoms with Gasteiger partial charge in [0.1, 0.15) is 11.6 Å². The maximum atomic E-state index is 12.9. The third kappa shape index (κ3) is 1.84. The highest BCUT2D eigenvalue weighted by Crippen LogP contribution is 2.07. The van der Waals surface area contributed by atoms with Crippen molar-refractivity contribution in [3.05, 3.63) is 46.4 Å². The van der Waals surface area contributed by atoms with Crippen LogP contribution < -0.4 is 11.0 Å². The van der Waals surface area contributed by atoms with Gasteiger partial charge in [0.15, 0.2) is 0 Å². The van der Waals surface area contributed by atoms with Crippen LogP contribution in [0.2, 0.25) is 0 Å². The molecule has 1 aliphatic heterocycles. The van der Waals surface area contributed by atoms with Crippen LogP contribution in [0.4, 0.5) is 4.39 Å². The lowest BCUT2D eigenvalue weighted by molar-refractivity contribution is 0.616. The number of nitrogens with zero attached hydrogens (tertiary/aromatic N) is 3. The molecule has 1 N–H and O–H groups in total. The van der Waals surface area contributed by atoms with Crippen LogP contribution >= 0.6 is 0 Å². The van der Waals surface area contributed by atoms with Gasteiger partial charge in [-0.3, -0.25) is 4.57 Å². The summed E-state index contributed by atoms with van der Waals surface area (Å²) in [6, 6.07) is 5.75. The zero-order chi connectivity index (χ0) is 12.5. The van der Waals surface area contributed by atoms with Gasteiger partial charge in [-0.2, -0.15) is 4.68 Å². The van der Waals surface area contributed by atoms with Crippen molar-refractivity contribution in [1.29, 1.82) is 0 Å². The van der Waals surface area contributed by atoms with E-state index in [1.165, 1.54) is 16.8 Å². The van der Waals surface area contributed by atoms with Gasteiger partial charge in [-0.1, -0.05) is 0 Å². The number of rotatable bonds is 1. The second-order valence-electron chi connectivity index (χ2n) is 4.27. The van der Waals surface area contributed by atoms with Crippen LogP contribution in [0, 0.1) is 5.82 Å². The molecule has 0 fully saturated rings. The normalized spacial score (nSPS) is 15.2. The predicted octanol–water partition coefficient (Wildman–Crippen LogP) is 0.666. The second-order valence-corrected chi connectivity index (χ2v) is 4.27. The molecule has 2 heterocycles. The summed E-state index contributed by atoms with van der Waals surface area (Å²) >= 11 is 0. The lowest BCUT2D eigenvalue weighted by atomic mass is 10.3. The van der Waals surface area contributed by atoms with Gasteiger partial charge in [-0.25, -0.2) is 9.18 Å². The molecule has 0 spiro atoms. The summed E-state index contributed by atoms with van der Waals surface area (Å²) in [4.78, 5) is 12.2. The second kappa shape index (κ2) is 4.38. The monoisotopic (exact) mass is 248 g/mol.